The van der Waals surface area contributed by atoms with Crippen molar-refractivity contribution in [2.45, 2.75) is 19.3 Å². The minimum Gasteiger partial charge on any atom is -0.375 e. The van der Waals surface area contributed by atoms with Gasteiger partial charge in [0.05, 0.1) is 6.07 Å². The smallest absolute Gasteiger partial charge is 0.219 e. The lowest BCUT2D eigenvalue weighted by atomic mass is 10.0. The van der Waals surface area contributed by atoms with E-state index in [1.54, 1.807) is 0 Å². The minimum atomic E-state index is 0.618. The third kappa shape index (κ3) is 7.45. The normalized spacial score (nSPS) is 11.0. The standard InChI is InChI=1S/C37H32Br2N3/c1-41(25-7-3-6-24-40)34-21-10-28(11-22-34)12-23-36-26-31(29-13-17-32(38)18-14-29)27-37(30-15-19-33(39)20-16-30)42(36)35-8-4-2-5-9-35/h2,4-5,8-23,26-27H,3,6-7,25H2,1H3/q+1. The van der Waals surface area contributed by atoms with Crippen molar-refractivity contribution in [3.05, 3.63) is 135 Å². The number of anilines is 1. The van der Waals surface area contributed by atoms with Crippen molar-refractivity contribution >= 4 is 49.7 Å². The van der Waals surface area contributed by atoms with Crippen molar-refractivity contribution in [3.8, 4) is 34.1 Å². The van der Waals surface area contributed by atoms with Crippen LogP contribution in [0.4, 0.5) is 5.69 Å². The molecule has 0 saturated heterocycles. The highest BCUT2D eigenvalue weighted by Crippen LogP contribution is 2.29. The molecule has 0 fully saturated rings. The maximum Gasteiger partial charge on any atom is 0.219 e. The first-order valence-electron chi connectivity index (χ1n) is 14.1. The second-order valence-corrected chi connectivity index (χ2v) is 12.0. The topological polar surface area (TPSA) is 30.9 Å². The van der Waals surface area contributed by atoms with Crippen LogP contribution in [0.25, 0.3) is 40.2 Å². The summed E-state index contributed by atoms with van der Waals surface area (Å²) in [6.07, 6.45) is 6.96. The summed E-state index contributed by atoms with van der Waals surface area (Å²) in [5, 5.41) is 8.78. The zero-order valence-corrected chi connectivity index (χ0v) is 26.7. The molecule has 42 heavy (non-hydrogen) atoms. The maximum atomic E-state index is 8.78. The number of pyridine rings is 1. The van der Waals surface area contributed by atoms with E-state index in [2.05, 4.69) is 182 Å². The van der Waals surface area contributed by atoms with Gasteiger partial charge in [0.15, 0.2) is 0 Å². The van der Waals surface area contributed by atoms with E-state index >= 15 is 0 Å². The molecule has 5 heteroatoms. The Morgan fingerprint density at radius 2 is 1.36 bits per heavy atom. The van der Waals surface area contributed by atoms with Gasteiger partial charge in [0.2, 0.25) is 17.1 Å². The minimum absolute atomic E-state index is 0.618. The number of hydrogen-bond acceptors (Lipinski definition) is 2. The number of halogens is 2. The number of benzene rings is 4. The van der Waals surface area contributed by atoms with E-state index in [0.717, 1.165) is 67.7 Å². The first kappa shape index (κ1) is 29.5. The van der Waals surface area contributed by atoms with Gasteiger partial charge in [0, 0.05) is 70.6 Å². The van der Waals surface area contributed by atoms with Crippen molar-refractivity contribution in [1.29, 1.82) is 5.26 Å². The average molecular weight is 678 g/mol. The molecule has 5 aromatic rings. The largest absolute Gasteiger partial charge is 0.375 e. The molecular weight excluding hydrogens is 646 g/mol. The Kier molecular flexibility index (Phi) is 10.0. The van der Waals surface area contributed by atoms with E-state index in [1.165, 1.54) is 5.69 Å². The van der Waals surface area contributed by atoms with Gasteiger partial charge in [-0.3, -0.25) is 0 Å². The number of nitrogens with zero attached hydrogens (tertiary/aromatic N) is 3. The molecule has 0 bridgehead atoms. The van der Waals surface area contributed by atoms with Crippen LogP contribution in [0.2, 0.25) is 0 Å². The molecule has 3 nitrogen and oxygen atoms in total. The number of para-hydroxylation sites is 1. The van der Waals surface area contributed by atoms with Crippen molar-refractivity contribution in [2.24, 2.45) is 0 Å². The monoisotopic (exact) mass is 676 g/mol. The first-order valence-corrected chi connectivity index (χ1v) is 15.6. The highest BCUT2D eigenvalue weighted by atomic mass is 79.9. The van der Waals surface area contributed by atoms with Gasteiger partial charge in [0.1, 0.15) is 0 Å². The molecule has 208 valence electrons. The molecule has 0 saturated carbocycles. The third-order valence-corrected chi connectivity index (χ3v) is 8.30. The fraction of sp³-hybridized carbons (Fsp3) is 0.135. The molecule has 1 aromatic heterocycles. The summed E-state index contributed by atoms with van der Waals surface area (Å²) >= 11 is 7.18. The van der Waals surface area contributed by atoms with Crippen LogP contribution < -0.4 is 9.47 Å². The van der Waals surface area contributed by atoms with Crippen molar-refractivity contribution in [1.82, 2.24) is 0 Å². The van der Waals surface area contributed by atoms with Crippen molar-refractivity contribution < 1.29 is 4.57 Å². The zero-order chi connectivity index (χ0) is 29.3. The van der Waals surface area contributed by atoms with E-state index in [1.807, 2.05) is 0 Å². The molecule has 1 heterocycles. The summed E-state index contributed by atoms with van der Waals surface area (Å²) in [5.41, 5.74) is 9.06. The fourth-order valence-corrected chi connectivity index (χ4v) is 5.48. The molecule has 0 aliphatic rings. The lowest BCUT2D eigenvalue weighted by molar-refractivity contribution is -0.585. The Morgan fingerprint density at radius 3 is 2.00 bits per heavy atom. The number of rotatable bonds is 10. The van der Waals surface area contributed by atoms with Crippen LogP contribution in [0.3, 0.4) is 0 Å². The Labute approximate surface area is 265 Å². The summed E-state index contributed by atoms with van der Waals surface area (Å²) in [6, 6.07) is 42.9. The summed E-state index contributed by atoms with van der Waals surface area (Å²) in [6.45, 7) is 0.940. The van der Waals surface area contributed by atoms with Gasteiger partial charge >= 0.3 is 0 Å². The van der Waals surface area contributed by atoms with Gasteiger partial charge in [-0.25, -0.2) is 0 Å². The van der Waals surface area contributed by atoms with Crippen LogP contribution in [-0.2, 0) is 0 Å². The van der Waals surface area contributed by atoms with E-state index in [9.17, 15) is 0 Å². The summed E-state index contributed by atoms with van der Waals surface area (Å²) in [7, 11) is 2.11. The highest BCUT2D eigenvalue weighted by molar-refractivity contribution is 9.10. The maximum absolute atomic E-state index is 8.78. The number of hydrogen-bond donors (Lipinski definition) is 0. The summed E-state index contributed by atoms with van der Waals surface area (Å²) < 4.78 is 4.44. The molecule has 0 radical (unpaired) electrons. The van der Waals surface area contributed by atoms with Gasteiger partial charge in [-0.05, 0) is 84.1 Å². The number of nitriles is 1. The SMILES string of the molecule is CN(CCCCC#N)c1ccc(/C=C/c2cc(-c3ccc(Br)cc3)cc(-c3ccc(Br)cc3)[n+]2-c2ccccc2)cc1. The molecule has 0 aliphatic heterocycles. The molecule has 0 unspecified atom stereocenters. The van der Waals surface area contributed by atoms with Gasteiger partial charge in [-0.2, -0.15) is 9.83 Å². The Hall–Kier alpha value is -3.98. The average Bonchev–Trinajstić information content (AvgIpc) is 3.03. The lowest BCUT2D eigenvalue weighted by Gasteiger charge is -2.19. The van der Waals surface area contributed by atoms with Crippen LogP contribution in [-0.4, -0.2) is 13.6 Å². The first-order chi connectivity index (χ1) is 20.5. The van der Waals surface area contributed by atoms with Crippen LogP contribution in [0.15, 0.2) is 124 Å². The fourth-order valence-electron chi connectivity index (χ4n) is 4.95. The van der Waals surface area contributed by atoms with Crippen LogP contribution in [0.1, 0.15) is 30.5 Å². The van der Waals surface area contributed by atoms with Crippen LogP contribution in [0, 0.1) is 11.3 Å². The van der Waals surface area contributed by atoms with E-state index in [-0.39, 0.29) is 0 Å². The lowest BCUT2D eigenvalue weighted by Crippen LogP contribution is -2.37. The zero-order valence-electron chi connectivity index (χ0n) is 23.6. The van der Waals surface area contributed by atoms with Gasteiger partial charge < -0.3 is 4.90 Å². The molecule has 0 N–H and O–H groups in total. The molecule has 0 spiro atoms. The number of aromatic nitrogens is 1. The van der Waals surface area contributed by atoms with Gasteiger partial charge in [-0.15, -0.1) is 0 Å². The predicted molar refractivity (Wildman–Crippen MR) is 182 cm³/mol. The highest BCUT2D eigenvalue weighted by Gasteiger charge is 2.22. The predicted octanol–water partition coefficient (Wildman–Crippen LogP) is 10.1. The van der Waals surface area contributed by atoms with Crippen molar-refractivity contribution in [3.63, 3.8) is 0 Å². The summed E-state index contributed by atoms with van der Waals surface area (Å²) in [5.74, 6) is 0. The van der Waals surface area contributed by atoms with Gasteiger partial charge in [-0.1, -0.05) is 74.3 Å². The third-order valence-electron chi connectivity index (χ3n) is 7.24. The molecular formula is C37H32Br2N3+. The molecule has 5 rings (SSSR count). The molecule has 0 aliphatic carbocycles. The molecule has 0 atom stereocenters. The number of unbranched alkanes of at least 4 members (excludes halogenated alkanes) is 2. The second kappa shape index (κ2) is 14.3. The quantitative estimate of drug-likeness (QED) is 0.109. The van der Waals surface area contributed by atoms with Crippen LogP contribution >= 0.6 is 31.9 Å². The Bertz CT molecular complexity index is 1690. The Balaban J connectivity index is 1.57. The van der Waals surface area contributed by atoms with E-state index in [0.29, 0.717) is 6.42 Å². The molecule has 4 aromatic carbocycles. The van der Waals surface area contributed by atoms with E-state index in [4.69, 9.17) is 5.26 Å². The molecule has 0 amide bonds. The van der Waals surface area contributed by atoms with Crippen LogP contribution in [0.5, 0.6) is 0 Å². The van der Waals surface area contributed by atoms with E-state index < -0.39 is 0 Å². The van der Waals surface area contributed by atoms with Crippen molar-refractivity contribution in [2.75, 3.05) is 18.5 Å². The second-order valence-electron chi connectivity index (χ2n) is 10.2. The summed E-state index contributed by atoms with van der Waals surface area (Å²) in [4.78, 5) is 2.25. The Morgan fingerprint density at radius 1 is 0.714 bits per heavy atom. The van der Waals surface area contributed by atoms with Gasteiger partial charge in [0.25, 0.3) is 0 Å².